The Balaban J connectivity index is 1.80. The Labute approximate surface area is 196 Å². The van der Waals surface area contributed by atoms with Gasteiger partial charge in [0.25, 0.3) is 5.56 Å². The second-order valence-corrected chi connectivity index (χ2v) is 10.3. The first-order chi connectivity index (χ1) is 15.6. The second kappa shape index (κ2) is 9.09. The molecule has 0 amide bonds. The van der Waals surface area contributed by atoms with E-state index in [1.807, 2.05) is 26.0 Å². The first-order valence-electron chi connectivity index (χ1n) is 10.3. The molecule has 1 heterocycles. The Bertz CT molecular complexity index is 1500. The molecule has 0 bridgehead atoms. The highest BCUT2D eigenvalue weighted by Gasteiger charge is 2.28. The maximum atomic E-state index is 13.6. The van der Waals surface area contributed by atoms with Gasteiger partial charge in [0.05, 0.1) is 5.02 Å². The molecule has 0 radical (unpaired) electrons. The third kappa shape index (κ3) is 4.85. The zero-order valence-electron chi connectivity index (χ0n) is 18.1. The van der Waals surface area contributed by atoms with E-state index in [9.17, 15) is 17.6 Å². The fourth-order valence-electron chi connectivity index (χ4n) is 3.64. The van der Waals surface area contributed by atoms with E-state index in [1.54, 1.807) is 18.2 Å². The van der Waals surface area contributed by atoms with Crippen LogP contribution >= 0.6 is 11.6 Å². The molecule has 5 nitrogen and oxygen atoms in total. The van der Waals surface area contributed by atoms with Crippen LogP contribution in [0.1, 0.15) is 22.3 Å². The van der Waals surface area contributed by atoms with Gasteiger partial charge >= 0.3 is 0 Å². The van der Waals surface area contributed by atoms with Crippen LogP contribution in [0.25, 0.3) is 10.9 Å². The van der Waals surface area contributed by atoms with Crippen LogP contribution in [-0.2, 0) is 23.1 Å². The van der Waals surface area contributed by atoms with Crippen LogP contribution in [0.4, 0.5) is 4.39 Å². The lowest BCUT2D eigenvalue weighted by atomic mass is 10.0. The van der Waals surface area contributed by atoms with Crippen molar-refractivity contribution in [3.05, 3.63) is 110 Å². The number of aryl methyl sites for hydroxylation is 2. The summed E-state index contributed by atoms with van der Waals surface area (Å²) in [7, 11) is -4.07. The van der Waals surface area contributed by atoms with Crippen LogP contribution in [0.15, 0.2) is 76.4 Å². The molecule has 1 N–H and O–H groups in total. The molecule has 0 aliphatic heterocycles. The minimum absolute atomic E-state index is 0.0573. The van der Waals surface area contributed by atoms with Crippen LogP contribution in [0.5, 0.6) is 0 Å². The Hall–Kier alpha value is -3.00. The van der Waals surface area contributed by atoms with E-state index in [0.717, 1.165) is 16.5 Å². The van der Waals surface area contributed by atoms with E-state index < -0.39 is 15.8 Å². The summed E-state index contributed by atoms with van der Waals surface area (Å²) in [4.78, 5) is 15.6. The molecule has 3 aromatic carbocycles. The van der Waals surface area contributed by atoms with Crippen molar-refractivity contribution in [3.63, 3.8) is 0 Å². The lowest BCUT2D eigenvalue weighted by molar-refractivity contribution is 0.399. The Kier molecular flexibility index (Phi) is 6.38. The number of fused-ring (bicyclic) bond motifs is 1. The summed E-state index contributed by atoms with van der Waals surface area (Å²) in [5.74, 6) is -0.420. The first kappa shape index (κ1) is 23.2. The third-order valence-electron chi connectivity index (χ3n) is 5.61. The number of aromatic nitrogens is 1. The number of nitrogens with one attached hydrogen (secondary N) is 1. The van der Waals surface area contributed by atoms with Crippen molar-refractivity contribution in [2.24, 2.45) is 0 Å². The van der Waals surface area contributed by atoms with Gasteiger partial charge in [0.1, 0.15) is 10.7 Å². The van der Waals surface area contributed by atoms with Crippen molar-refractivity contribution in [1.82, 2.24) is 9.29 Å². The molecule has 0 fully saturated rings. The molecule has 4 aromatic rings. The molecule has 0 unspecified atom stereocenters. The smallest absolute Gasteiger partial charge is 0.252 e. The van der Waals surface area contributed by atoms with Gasteiger partial charge in [0, 0.05) is 24.2 Å². The van der Waals surface area contributed by atoms with Gasteiger partial charge in [0.15, 0.2) is 0 Å². The molecule has 8 heteroatoms. The first-order valence-corrected chi connectivity index (χ1v) is 12.1. The van der Waals surface area contributed by atoms with Gasteiger partial charge in [-0.1, -0.05) is 35.9 Å². The van der Waals surface area contributed by atoms with Crippen molar-refractivity contribution in [1.29, 1.82) is 0 Å². The molecule has 0 spiro atoms. The SMILES string of the molecule is Cc1cc2cc(CN(Cc3ccc(F)cc3)S(=O)(=O)c3ccccc3Cl)c(=O)[nH]c2cc1C. The van der Waals surface area contributed by atoms with E-state index in [1.165, 1.54) is 40.7 Å². The quantitative estimate of drug-likeness (QED) is 0.402. The highest BCUT2D eigenvalue weighted by atomic mass is 35.5. The standard InChI is InChI=1S/C25H22ClFN2O3S/c1-16-11-19-13-20(25(30)28-23(19)12-17(16)2)15-29(14-18-7-9-21(27)10-8-18)33(31,32)24-6-4-3-5-22(24)26/h3-13H,14-15H2,1-2H3,(H,28,30). The number of rotatable bonds is 6. The van der Waals surface area contributed by atoms with Crippen LogP contribution in [0, 0.1) is 19.7 Å². The Morgan fingerprint density at radius 2 is 1.61 bits per heavy atom. The highest BCUT2D eigenvalue weighted by Crippen LogP contribution is 2.27. The topological polar surface area (TPSA) is 70.2 Å². The molecule has 0 aliphatic carbocycles. The monoisotopic (exact) mass is 484 g/mol. The zero-order valence-corrected chi connectivity index (χ0v) is 19.7. The summed E-state index contributed by atoms with van der Waals surface area (Å²) in [6, 6.07) is 17.3. The van der Waals surface area contributed by atoms with E-state index in [0.29, 0.717) is 16.6 Å². The number of pyridine rings is 1. The number of benzene rings is 3. The van der Waals surface area contributed by atoms with Crippen LogP contribution in [-0.4, -0.2) is 17.7 Å². The number of hydrogen-bond donors (Lipinski definition) is 1. The van der Waals surface area contributed by atoms with E-state index >= 15 is 0 Å². The number of halogens is 2. The molecule has 170 valence electrons. The maximum Gasteiger partial charge on any atom is 0.252 e. The number of aromatic amines is 1. The average molecular weight is 485 g/mol. The number of hydrogen-bond acceptors (Lipinski definition) is 3. The van der Waals surface area contributed by atoms with Crippen molar-refractivity contribution in [3.8, 4) is 0 Å². The normalized spacial score (nSPS) is 11.9. The minimum Gasteiger partial charge on any atom is -0.322 e. The van der Waals surface area contributed by atoms with E-state index in [2.05, 4.69) is 4.98 Å². The van der Waals surface area contributed by atoms with Crippen molar-refractivity contribution in [2.75, 3.05) is 0 Å². The average Bonchev–Trinajstić information content (AvgIpc) is 2.77. The molecule has 1 aromatic heterocycles. The Morgan fingerprint density at radius 1 is 0.939 bits per heavy atom. The third-order valence-corrected chi connectivity index (χ3v) is 7.90. The lowest BCUT2D eigenvalue weighted by Crippen LogP contribution is -2.32. The van der Waals surface area contributed by atoms with Crippen LogP contribution < -0.4 is 5.56 Å². The Morgan fingerprint density at radius 3 is 2.30 bits per heavy atom. The number of nitrogens with zero attached hydrogens (tertiary/aromatic N) is 1. The largest absolute Gasteiger partial charge is 0.322 e. The van der Waals surface area contributed by atoms with Gasteiger partial charge < -0.3 is 4.98 Å². The maximum absolute atomic E-state index is 13.6. The van der Waals surface area contributed by atoms with Gasteiger partial charge in [-0.25, -0.2) is 12.8 Å². The molecular weight excluding hydrogens is 463 g/mol. The molecule has 33 heavy (non-hydrogen) atoms. The van der Waals surface area contributed by atoms with Crippen molar-refractivity contribution in [2.45, 2.75) is 31.8 Å². The molecule has 0 saturated carbocycles. The van der Waals surface area contributed by atoms with Crippen LogP contribution in [0.2, 0.25) is 5.02 Å². The molecule has 0 saturated heterocycles. The zero-order chi connectivity index (χ0) is 23.8. The summed E-state index contributed by atoms with van der Waals surface area (Å²) < 4.78 is 41.7. The van der Waals surface area contributed by atoms with Gasteiger partial charge in [-0.2, -0.15) is 4.31 Å². The summed E-state index contributed by atoms with van der Waals surface area (Å²) in [6.07, 6.45) is 0. The van der Waals surface area contributed by atoms with Gasteiger partial charge in [-0.05, 0) is 78.4 Å². The lowest BCUT2D eigenvalue weighted by Gasteiger charge is -2.23. The molecule has 0 atom stereocenters. The summed E-state index contributed by atoms with van der Waals surface area (Å²) in [6.45, 7) is 3.70. The molecule has 4 rings (SSSR count). The van der Waals surface area contributed by atoms with Gasteiger partial charge in [-0.15, -0.1) is 0 Å². The van der Waals surface area contributed by atoms with Gasteiger partial charge in [-0.3, -0.25) is 4.79 Å². The van der Waals surface area contributed by atoms with Crippen molar-refractivity contribution >= 4 is 32.5 Å². The number of sulfonamides is 1. The fourth-order valence-corrected chi connectivity index (χ4v) is 5.54. The molecule has 0 aliphatic rings. The van der Waals surface area contributed by atoms with Crippen LogP contribution in [0.3, 0.4) is 0 Å². The summed E-state index contributed by atoms with van der Waals surface area (Å²) in [5.41, 5.74) is 3.30. The fraction of sp³-hybridized carbons (Fsp3) is 0.160. The highest BCUT2D eigenvalue weighted by molar-refractivity contribution is 7.89. The van der Waals surface area contributed by atoms with E-state index in [-0.39, 0.29) is 28.6 Å². The predicted octanol–water partition coefficient (Wildman–Crippen LogP) is 5.33. The predicted molar refractivity (Wildman–Crippen MR) is 128 cm³/mol. The number of H-pyrrole nitrogens is 1. The minimum atomic E-state index is -4.07. The second-order valence-electron chi connectivity index (χ2n) is 7.98. The summed E-state index contributed by atoms with van der Waals surface area (Å²) in [5, 5.41) is 0.893. The van der Waals surface area contributed by atoms with E-state index in [4.69, 9.17) is 11.6 Å². The van der Waals surface area contributed by atoms with Crippen molar-refractivity contribution < 1.29 is 12.8 Å². The molecular formula is C25H22ClFN2O3S. The summed E-state index contributed by atoms with van der Waals surface area (Å²) >= 11 is 6.20. The van der Waals surface area contributed by atoms with Gasteiger partial charge in [0.2, 0.25) is 10.0 Å².